The van der Waals surface area contributed by atoms with Gasteiger partial charge in [-0.05, 0) is 26.0 Å². The molecule has 21 heavy (non-hydrogen) atoms. The zero-order chi connectivity index (χ0) is 15.6. The van der Waals surface area contributed by atoms with Crippen LogP contribution in [0.3, 0.4) is 0 Å². The van der Waals surface area contributed by atoms with Crippen LogP contribution in [0.5, 0.6) is 0 Å². The highest BCUT2D eigenvalue weighted by Gasteiger charge is 2.33. The van der Waals surface area contributed by atoms with E-state index in [1.54, 1.807) is 19.1 Å². The van der Waals surface area contributed by atoms with Gasteiger partial charge in [-0.1, -0.05) is 12.1 Å². The highest BCUT2D eigenvalue weighted by Crippen LogP contribution is 2.22. The number of hydrogen-bond donors (Lipinski definition) is 1. The van der Waals surface area contributed by atoms with E-state index in [1.807, 2.05) is 0 Å². The highest BCUT2D eigenvalue weighted by atomic mass is 32.2. The molecule has 1 aliphatic heterocycles. The van der Waals surface area contributed by atoms with Gasteiger partial charge in [-0.15, -0.1) is 0 Å². The van der Waals surface area contributed by atoms with Crippen LogP contribution < -0.4 is 0 Å². The summed E-state index contributed by atoms with van der Waals surface area (Å²) in [5.41, 5.74) is 0.357. The summed E-state index contributed by atoms with van der Waals surface area (Å²) in [6.45, 7) is 3.25. The van der Waals surface area contributed by atoms with E-state index in [9.17, 15) is 18.3 Å². The first kappa shape index (κ1) is 16.1. The van der Waals surface area contributed by atoms with Gasteiger partial charge in [0.2, 0.25) is 10.0 Å². The Morgan fingerprint density at radius 1 is 1.43 bits per heavy atom. The Bertz CT molecular complexity index is 628. The van der Waals surface area contributed by atoms with Crippen LogP contribution >= 0.6 is 0 Å². The minimum atomic E-state index is -3.70. The lowest BCUT2D eigenvalue weighted by Crippen LogP contribution is -2.50. The maximum Gasteiger partial charge on any atom is 0.243 e. The third kappa shape index (κ3) is 3.49. The minimum absolute atomic E-state index is 0.0842. The van der Waals surface area contributed by atoms with Crippen LogP contribution in [0.25, 0.3) is 0 Å². The van der Waals surface area contributed by atoms with E-state index >= 15 is 0 Å². The molecule has 1 aromatic carbocycles. The average molecular weight is 313 g/mol. The lowest BCUT2D eigenvalue weighted by molar-refractivity contribution is -0.0750. The Kier molecular flexibility index (Phi) is 4.77. The molecule has 0 bridgehead atoms. The number of hydrogen-bond acceptors (Lipinski definition) is 5. The van der Waals surface area contributed by atoms with Crippen molar-refractivity contribution >= 4 is 15.8 Å². The monoisotopic (exact) mass is 313 g/mol. The van der Waals surface area contributed by atoms with Crippen molar-refractivity contribution in [2.75, 3.05) is 19.7 Å². The fourth-order valence-electron chi connectivity index (χ4n) is 2.32. The molecule has 0 spiro atoms. The number of rotatable bonds is 4. The highest BCUT2D eigenvalue weighted by molar-refractivity contribution is 7.89. The quantitative estimate of drug-likeness (QED) is 0.826. The molecule has 116 valence electrons. The Morgan fingerprint density at radius 2 is 2.14 bits per heavy atom. The Hall–Kier alpha value is -1.28. The van der Waals surface area contributed by atoms with Gasteiger partial charge in [-0.2, -0.15) is 4.31 Å². The van der Waals surface area contributed by atoms with E-state index in [-0.39, 0.29) is 36.5 Å². The molecule has 2 unspecified atom stereocenters. The van der Waals surface area contributed by atoms with Crippen molar-refractivity contribution in [3.05, 3.63) is 29.8 Å². The number of ether oxygens (including phenoxy) is 1. The molecule has 1 saturated heterocycles. The van der Waals surface area contributed by atoms with Gasteiger partial charge in [-0.25, -0.2) is 8.42 Å². The summed E-state index contributed by atoms with van der Waals surface area (Å²) in [5.74, 6) is -0.185. The number of nitrogens with zero attached hydrogens (tertiary/aromatic N) is 1. The molecule has 2 rings (SSSR count). The minimum Gasteiger partial charge on any atom is -0.394 e. The van der Waals surface area contributed by atoms with Crippen LogP contribution in [-0.4, -0.2) is 55.5 Å². The second-order valence-electron chi connectivity index (χ2n) is 5.16. The summed E-state index contributed by atoms with van der Waals surface area (Å²) in [5, 5.41) is 9.19. The van der Waals surface area contributed by atoms with Gasteiger partial charge in [0, 0.05) is 18.7 Å². The first-order chi connectivity index (χ1) is 9.84. The predicted octanol–water partition coefficient (Wildman–Crippen LogP) is 0.660. The number of carbonyl (C=O) groups excluding carboxylic acids is 1. The standard InChI is InChI=1S/C14H19NO5S/c1-10-7-15(8-13(9-16)20-10)21(18,19)14-5-3-4-12(6-14)11(2)17/h3-6,10,13,16H,7-9H2,1-2H3. The molecule has 2 atom stereocenters. The topological polar surface area (TPSA) is 83.9 Å². The molecule has 1 N–H and O–H groups in total. The lowest BCUT2D eigenvalue weighted by atomic mass is 10.2. The summed E-state index contributed by atoms with van der Waals surface area (Å²) < 4.78 is 32.0. The summed E-state index contributed by atoms with van der Waals surface area (Å²) in [7, 11) is -3.70. The zero-order valence-corrected chi connectivity index (χ0v) is 12.8. The largest absolute Gasteiger partial charge is 0.394 e. The Labute approximate surface area is 124 Å². The first-order valence-electron chi connectivity index (χ1n) is 6.72. The number of aliphatic hydroxyl groups excluding tert-OH is 1. The molecule has 1 aliphatic rings. The molecule has 1 heterocycles. The number of aliphatic hydroxyl groups is 1. The average Bonchev–Trinajstić information content (AvgIpc) is 2.46. The zero-order valence-electron chi connectivity index (χ0n) is 12.0. The normalized spacial score (nSPS) is 24.0. The van der Waals surface area contributed by atoms with E-state index in [2.05, 4.69) is 0 Å². The third-order valence-corrected chi connectivity index (χ3v) is 5.20. The summed E-state index contributed by atoms with van der Waals surface area (Å²) in [4.78, 5) is 11.5. The Balaban J connectivity index is 2.33. The van der Waals surface area contributed by atoms with Crippen LogP contribution in [-0.2, 0) is 14.8 Å². The predicted molar refractivity (Wildman–Crippen MR) is 76.6 cm³/mol. The molecule has 0 aliphatic carbocycles. The van der Waals surface area contributed by atoms with Gasteiger partial charge in [0.05, 0.1) is 23.7 Å². The van der Waals surface area contributed by atoms with Gasteiger partial charge < -0.3 is 9.84 Å². The Morgan fingerprint density at radius 3 is 2.76 bits per heavy atom. The number of benzene rings is 1. The molecule has 0 saturated carbocycles. The number of morpholine rings is 1. The SMILES string of the molecule is CC(=O)c1cccc(S(=O)(=O)N2CC(C)OC(CO)C2)c1. The second-order valence-corrected chi connectivity index (χ2v) is 7.10. The van der Waals surface area contributed by atoms with Gasteiger partial charge >= 0.3 is 0 Å². The second kappa shape index (κ2) is 6.23. The van der Waals surface area contributed by atoms with Crippen molar-refractivity contribution in [1.82, 2.24) is 4.31 Å². The third-order valence-electron chi connectivity index (χ3n) is 3.37. The van der Waals surface area contributed by atoms with Crippen molar-refractivity contribution in [3.8, 4) is 0 Å². The summed E-state index contributed by atoms with van der Waals surface area (Å²) >= 11 is 0. The molecule has 7 heteroatoms. The first-order valence-corrected chi connectivity index (χ1v) is 8.16. The van der Waals surface area contributed by atoms with Gasteiger partial charge in [0.15, 0.2) is 5.78 Å². The molecular weight excluding hydrogens is 294 g/mol. The molecule has 0 radical (unpaired) electrons. The van der Waals surface area contributed by atoms with E-state index < -0.39 is 16.1 Å². The maximum absolute atomic E-state index is 12.6. The smallest absolute Gasteiger partial charge is 0.243 e. The van der Waals surface area contributed by atoms with Crippen molar-refractivity contribution in [1.29, 1.82) is 0 Å². The van der Waals surface area contributed by atoms with Crippen molar-refractivity contribution < 1.29 is 23.1 Å². The lowest BCUT2D eigenvalue weighted by Gasteiger charge is -2.35. The van der Waals surface area contributed by atoms with Crippen molar-refractivity contribution in [3.63, 3.8) is 0 Å². The van der Waals surface area contributed by atoms with E-state index in [4.69, 9.17) is 4.74 Å². The van der Waals surface area contributed by atoms with E-state index in [0.29, 0.717) is 5.56 Å². The molecule has 0 amide bonds. The molecular formula is C14H19NO5S. The van der Waals surface area contributed by atoms with Gasteiger partial charge in [0.1, 0.15) is 0 Å². The van der Waals surface area contributed by atoms with Gasteiger partial charge in [0.25, 0.3) is 0 Å². The van der Waals surface area contributed by atoms with Crippen molar-refractivity contribution in [2.45, 2.75) is 31.0 Å². The maximum atomic E-state index is 12.6. The van der Waals surface area contributed by atoms with Gasteiger partial charge in [-0.3, -0.25) is 4.79 Å². The van der Waals surface area contributed by atoms with Crippen LogP contribution in [0.1, 0.15) is 24.2 Å². The van der Waals surface area contributed by atoms with E-state index in [0.717, 1.165) is 0 Å². The van der Waals surface area contributed by atoms with Crippen LogP contribution in [0.15, 0.2) is 29.2 Å². The number of carbonyl (C=O) groups is 1. The summed E-state index contributed by atoms with van der Waals surface area (Å²) in [6.07, 6.45) is -0.818. The summed E-state index contributed by atoms with van der Waals surface area (Å²) in [6, 6.07) is 5.98. The van der Waals surface area contributed by atoms with E-state index in [1.165, 1.54) is 23.4 Å². The van der Waals surface area contributed by atoms with Crippen LogP contribution in [0.2, 0.25) is 0 Å². The fraction of sp³-hybridized carbons (Fsp3) is 0.500. The molecule has 1 aromatic rings. The fourth-order valence-corrected chi connectivity index (χ4v) is 3.92. The molecule has 6 nitrogen and oxygen atoms in total. The molecule has 1 fully saturated rings. The van der Waals surface area contributed by atoms with Crippen molar-refractivity contribution in [2.24, 2.45) is 0 Å². The number of Topliss-reactive ketones (excluding diaryl/α,β-unsaturated/α-hetero) is 1. The number of ketones is 1. The van der Waals surface area contributed by atoms with Crippen LogP contribution in [0, 0.1) is 0 Å². The number of sulfonamides is 1. The molecule has 0 aromatic heterocycles. The van der Waals surface area contributed by atoms with Crippen LogP contribution in [0.4, 0.5) is 0 Å².